The molecule has 0 aliphatic carbocycles. The van der Waals surface area contributed by atoms with Crippen LogP contribution in [0, 0.1) is 0 Å². The third-order valence-electron chi connectivity index (χ3n) is 4.15. The van der Waals surface area contributed by atoms with Crippen LogP contribution in [-0.4, -0.2) is 45.9 Å². The average molecular weight is 448 g/mol. The van der Waals surface area contributed by atoms with Crippen molar-refractivity contribution in [3.8, 4) is 11.8 Å². The van der Waals surface area contributed by atoms with Crippen LogP contribution in [0.4, 0.5) is 19.1 Å². The second-order valence-electron chi connectivity index (χ2n) is 6.65. The van der Waals surface area contributed by atoms with E-state index in [1.54, 1.807) is 36.4 Å². The van der Waals surface area contributed by atoms with Gasteiger partial charge in [-0.3, -0.25) is 0 Å². The predicted molar refractivity (Wildman–Crippen MR) is 107 cm³/mol. The maximum Gasteiger partial charge on any atom is 0.422 e. The van der Waals surface area contributed by atoms with E-state index in [-0.39, 0.29) is 30.5 Å². The van der Waals surface area contributed by atoms with Crippen molar-refractivity contribution in [1.82, 2.24) is 15.0 Å². The molecule has 8 nitrogen and oxygen atoms in total. The van der Waals surface area contributed by atoms with E-state index in [2.05, 4.69) is 25.0 Å². The van der Waals surface area contributed by atoms with Crippen molar-refractivity contribution in [2.75, 3.05) is 19.0 Å². The van der Waals surface area contributed by atoms with E-state index >= 15 is 0 Å². The molecule has 0 amide bonds. The summed E-state index contributed by atoms with van der Waals surface area (Å²) in [4.78, 5) is 23.6. The Labute approximate surface area is 181 Å². The molecule has 1 aromatic heterocycles. The zero-order chi connectivity index (χ0) is 23.1. The molecular formula is C21H19F3N4O4. The molecule has 0 aliphatic rings. The summed E-state index contributed by atoms with van der Waals surface area (Å²) in [5.74, 6) is -0.167. The van der Waals surface area contributed by atoms with Crippen molar-refractivity contribution in [2.24, 2.45) is 0 Å². The van der Waals surface area contributed by atoms with Crippen LogP contribution in [0.5, 0.6) is 11.8 Å². The molecule has 0 saturated heterocycles. The highest BCUT2D eigenvalue weighted by Gasteiger charge is 2.29. The number of nitrogens with zero attached hydrogens (tertiary/aromatic N) is 3. The van der Waals surface area contributed by atoms with E-state index < -0.39 is 24.8 Å². The molecule has 0 unspecified atom stereocenters. The fourth-order valence-electron chi connectivity index (χ4n) is 2.62. The highest BCUT2D eigenvalue weighted by Crippen LogP contribution is 2.18. The Bertz CT molecular complexity index is 1060. The van der Waals surface area contributed by atoms with Crippen LogP contribution in [0.2, 0.25) is 0 Å². The molecule has 0 saturated carbocycles. The van der Waals surface area contributed by atoms with Gasteiger partial charge in [0.1, 0.15) is 11.6 Å². The number of esters is 1. The molecule has 0 aliphatic heterocycles. The molecule has 3 aromatic rings. The molecule has 168 valence electrons. The number of benzene rings is 2. The molecule has 0 atom stereocenters. The Morgan fingerprint density at radius 2 is 1.66 bits per heavy atom. The van der Waals surface area contributed by atoms with Gasteiger partial charge in [-0.1, -0.05) is 24.3 Å². The lowest BCUT2D eigenvalue weighted by Crippen LogP contribution is -2.21. The number of ether oxygens (including phenoxy) is 2. The van der Waals surface area contributed by atoms with Crippen LogP contribution >= 0.6 is 0 Å². The maximum absolute atomic E-state index is 12.6. The summed E-state index contributed by atoms with van der Waals surface area (Å²) in [6.07, 6.45) is -4.38. The smallest absolute Gasteiger partial charge is 0.422 e. The first-order valence-corrected chi connectivity index (χ1v) is 9.35. The summed E-state index contributed by atoms with van der Waals surface area (Å²) < 4.78 is 47.0. The number of anilines is 1. The van der Waals surface area contributed by atoms with Crippen molar-refractivity contribution in [2.45, 2.75) is 19.1 Å². The Kier molecular flexibility index (Phi) is 7.08. The van der Waals surface area contributed by atoms with Crippen LogP contribution in [0.3, 0.4) is 0 Å². The molecule has 0 radical (unpaired) electrons. The van der Waals surface area contributed by atoms with Gasteiger partial charge >= 0.3 is 18.2 Å². The van der Waals surface area contributed by atoms with Gasteiger partial charge in [-0.05, 0) is 35.4 Å². The number of alkyl halides is 3. The normalized spacial score (nSPS) is 11.1. The Morgan fingerprint density at radius 1 is 1.00 bits per heavy atom. The molecule has 1 heterocycles. The first kappa shape index (κ1) is 22.8. The second kappa shape index (κ2) is 9.94. The quantitative estimate of drug-likeness (QED) is 0.505. The van der Waals surface area contributed by atoms with Crippen LogP contribution in [0.25, 0.3) is 0 Å². The molecule has 2 aromatic carbocycles. The summed E-state index contributed by atoms with van der Waals surface area (Å²) in [6, 6.07) is 12.3. The van der Waals surface area contributed by atoms with Gasteiger partial charge in [-0.2, -0.15) is 28.1 Å². The van der Waals surface area contributed by atoms with Crippen LogP contribution in [0.1, 0.15) is 27.3 Å². The van der Waals surface area contributed by atoms with Crippen molar-refractivity contribution >= 4 is 11.9 Å². The van der Waals surface area contributed by atoms with E-state index in [0.717, 1.165) is 11.1 Å². The van der Waals surface area contributed by atoms with Gasteiger partial charge in [0, 0.05) is 13.0 Å². The zero-order valence-electron chi connectivity index (χ0n) is 16.9. The van der Waals surface area contributed by atoms with Crippen LogP contribution < -0.4 is 10.1 Å². The van der Waals surface area contributed by atoms with Gasteiger partial charge in [0.05, 0.1) is 12.7 Å². The number of phenolic OH excluding ortho intramolecular Hbond substituents is 1. The number of phenols is 1. The Hall–Kier alpha value is -3.89. The molecule has 2 N–H and O–H groups in total. The number of hydrogen-bond acceptors (Lipinski definition) is 8. The fraction of sp³-hybridized carbons (Fsp3) is 0.238. The van der Waals surface area contributed by atoms with Crippen molar-refractivity contribution in [1.29, 1.82) is 0 Å². The first-order chi connectivity index (χ1) is 15.2. The Morgan fingerprint density at radius 3 is 2.28 bits per heavy atom. The number of aromatic hydroxyl groups is 1. The summed E-state index contributed by atoms with van der Waals surface area (Å²) in [7, 11) is 1.27. The average Bonchev–Trinajstić information content (AvgIpc) is 2.77. The minimum absolute atomic E-state index is 0.0337. The number of carbonyl (C=O) groups is 1. The summed E-state index contributed by atoms with van der Waals surface area (Å²) in [5, 5.41) is 12.3. The van der Waals surface area contributed by atoms with Crippen LogP contribution in [0.15, 0.2) is 48.5 Å². The van der Waals surface area contributed by atoms with Gasteiger partial charge in [-0.15, -0.1) is 0 Å². The van der Waals surface area contributed by atoms with Gasteiger partial charge in [0.2, 0.25) is 5.95 Å². The minimum Gasteiger partial charge on any atom is -0.508 e. The van der Waals surface area contributed by atoms with Crippen LogP contribution in [-0.2, 0) is 17.7 Å². The molecular weight excluding hydrogens is 429 g/mol. The molecule has 32 heavy (non-hydrogen) atoms. The minimum atomic E-state index is -4.55. The topological polar surface area (TPSA) is 106 Å². The highest BCUT2D eigenvalue weighted by molar-refractivity contribution is 5.89. The molecule has 3 rings (SSSR count). The highest BCUT2D eigenvalue weighted by atomic mass is 19.4. The SMILES string of the molecule is COC(=O)c1ccc(Cc2nc(NCc3ccc(O)cc3)nc(OCC(F)(F)F)n2)cc1. The lowest BCUT2D eigenvalue weighted by molar-refractivity contribution is -0.154. The summed E-state index contributed by atoms with van der Waals surface area (Å²) in [6.45, 7) is -1.28. The number of hydrogen-bond donors (Lipinski definition) is 2. The lowest BCUT2D eigenvalue weighted by atomic mass is 10.1. The third-order valence-corrected chi connectivity index (χ3v) is 4.15. The second-order valence-corrected chi connectivity index (χ2v) is 6.65. The van der Waals surface area contributed by atoms with Gasteiger partial charge in [0.25, 0.3) is 0 Å². The number of halogens is 3. The Balaban J connectivity index is 1.78. The number of aromatic nitrogens is 3. The lowest BCUT2D eigenvalue weighted by Gasteiger charge is -2.11. The summed E-state index contributed by atoms with van der Waals surface area (Å²) in [5.41, 5.74) is 1.87. The van der Waals surface area contributed by atoms with E-state index in [0.29, 0.717) is 5.56 Å². The van der Waals surface area contributed by atoms with Gasteiger partial charge < -0.3 is 19.9 Å². The number of carbonyl (C=O) groups excluding carboxylic acids is 1. The number of rotatable bonds is 8. The largest absolute Gasteiger partial charge is 0.508 e. The standard InChI is InChI=1S/C21H19F3N4O4/c1-31-18(30)15-6-2-13(3-7-15)10-17-26-19(25-11-14-4-8-16(29)9-5-14)28-20(27-17)32-12-21(22,23)24/h2-9,29H,10-12H2,1H3,(H,25,26,27,28). The zero-order valence-corrected chi connectivity index (χ0v) is 16.9. The molecule has 0 spiro atoms. The van der Waals surface area contributed by atoms with Gasteiger partial charge in [0.15, 0.2) is 6.61 Å². The van der Waals surface area contributed by atoms with Crippen molar-refractivity contribution in [3.05, 3.63) is 71.0 Å². The van der Waals surface area contributed by atoms with Crippen molar-refractivity contribution < 1.29 is 32.5 Å². The summed E-state index contributed by atoms with van der Waals surface area (Å²) >= 11 is 0. The van der Waals surface area contributed by atoms with Gasteiger partial charge in [-0.25, -0.2) is 4.79 Å². The number of methoxy groups -OCH3 is 1. The third kappa shape index (κ3) is 6.83. The van der Waals surface area contributed by atoms with E-state index in [1.807, 2.05) is 0 Å². The van der Waals surface area contributed by atoms with E-state index in [9.17, 15) is 23.1 Å². The fourth-order valence-corrected chi connectivity index (χ4v) is 2.62. The van der Waals surface area contributed by atoms with E-state index in [1.165, 1.54) is 19.2 Å². The van der Waals surface area contributed by atoms with E-state index in [4.69, 9.17) is 4.74 Å². The first-order valence-electron chi connectivity index (χ1n) is 9.35. The predicted octanol–water partition coefficient (Wildman–Crippen LogP) is 3.51. The molecule has 0 fully saturated rings. The maximum atomic E-state index is 12.6. The van der Waals surface area contributed by atoms with Crippen molar-refractivity contribution in [3.63, 3.8) is 0 Å². The molecule has 11 heteroatoms. The monoisotopic (exact) mass is 448 g/mol. The number of nitrogens with one attached hydrogen (secondary N) is 1. The molecule has 0 bridgehead atoms.